The molecule has 7 nitrogen and oxygen atoms in total. The lowest BCUT2D eigenvalue weighted by molar-refractivity contribution is -0.138. The van der Waals surface area contributed by atoms with Gasteiger partial charge in [-0.15, -0.1) is 0 Å². The fraction of sp³-hybridized carbons (Fsp3) is 0.444. The van der Waals surface area contributed by atoms with Crippen molar-refractivity contribution in [1.82, 2.24) is 9.97 Å². The monoisotopic (exact) mass is 226 g/mol. The standard InChI is InChI=1S/C9H14N4O3/c1-4(10)7(14)8-12-3-5(13-8)2-6(11)9(15)16/h3-4,6H,2,10-11H2,1H3,(H,12,13)(H,15,16)/t4-,6-/m0/s1. The lowest BCUT2D eigenvalue weighted by Crippen LogP contribution is -2.32. The Morgan fingerprint density at radius 3 is 2.69 bits per heavy atom. The second kappa shape index (κ2) is 4.86. The maximum atomic E-state index is 11.4. The first-order valence-electron chi connectivity index (χ1n) is 4.74. The summed E-state index contributed by atoms with van der Waals surface area (Å²) < 4.78 is 0. The van der Waals surface area contributed by atoms with Crippen molar-refractivity contribution in [1.29, 1.82) is 0 Å². The predicted molar refractivity (Wildman–Crippen MR) is 55.9 cm³/mol. The Morgan fingerprint density at radius 2 is 2.19 bits per heavy atom. The number of nitrogens with zero attached hydrogens (tertiary/aromatic N) is 1. The van der Waals surface area contributed by atoms with Crippen molar-refractivity contribution in [2.45, 2.75) is 25.4 Å². The minimum atomic E-state index is -1.10. The number of ketones is 1. The number of aromatic nitrogens is 2. The van der Waals surface area contributed by atoms with Crippen LogP contribution in [0, 0.1) is 0 Å². The number of hydrogen-bond donors (Lipinski definition) is 4. The Labute approximate surface area is 91.8 Å². The van der Waals surface area contributed by atoms with Gasteiger partial charge in [0, 0.05) is 18.3 Å². The molecule has 88 valence electrons. The molecule has 0 saturated heterocycles. The number of rotatable bonds is 5. The van der Waals surface area contributed by atoms with E-state index in [4.69, 9.17) is 16.6 Å². The van der Waals surface area contributed by atoms with Gasteiger partial charge in [0.05, 0.1) is 6.04 Å². The third kappa shape index (κ3) is 2.88. The first-order valence-corrected chi connectivity index (χ1v) is 4.74. The minimum absolute atomic E-state index is 0.0918. The van der Waals surface area contributed by atoms with Crippen molar-refractivity contribution in [3.8, 4) is 0 Å². The van der Waals surface area contributed by atoms with E-state index in [1.165, 1.54) is 6.20 Å². The van der Waals surface area contributed by atoms with E-state index in [1.807, 2.05) is 0 Å². The maximum Gasteiger partial charge on any atom is 0.320 e. The maximum absolute atomic E-state index is 11.4. The van der Waals surface area contributed by atoms with Gasteiger partial charge in [-0.05, 0) is 6.92 Å². The quantitative estimate of drug-likeness (QED) is 0.470. The molecule has 0 unspecified atom stereocenters. The van der Waals surface area contributed by atoms with Crippen LogP contribution in [0.3, 0.4) is 0 Å². The molecule has 0 bridgehead atoms. The zero-order chi connectivity index (χ0) is 12.3. The van der Waals surface area contributed by atoms with Gasteiger partial charge >= 0.3 is 5.97 Å². The molecule has 1 heterocycles. The highest BCUT2D eigenvalue weighted by atomic mass is 16.4. The summed E-state index contributed by atoms with van der Waals surface area (Å²) in [5.74, 6) is -1.30. The molecule has 0 saturated carbocycles. The Kier molecular flexibility index (Phi) is 3.75. The van der Waals surface area contributed by atoms with Gasteiger partial charge in [0.15, 0.2) is 5.82 Å². The van der Waals surface area contributed by atoms with Crippen LogP contribution < -0.4 is 11.5 Å². The Balaban J connectivity index is 2.72. The number of aromatic amines is 1. The van der Waals surface area contributed by atoms with Gasteiger partial charge in [0.2, 0.25) is 5.78 Å². The molecule has 0 radical (unpaired) electrons. The largest absolute Gasteiger partial charge is 0.480 e. The fourth-order valence-corrected chi connectivity index (χ4v) is 1.13. The van der Waals surface area contributed by atoms with E-state index in [1.54, 1.807) is 6.92 Å². The van der Waals surface area contributed by atoms with Crippen LogP contribution in [0.4, 0.5) is 0 Å². The van der Waals surface area contributed by atoms with E-state index in [0.29, 0.717) is 5.69 Å². The number of imidazole rings is 1. The number of nitrogens with two attached hydrogens (primary N) is 2. The molecule has 0 spiro atoms. The summed E-state index contributed by atoms with van der Waals surface area (Å²) in [6.45, 7) is 1.55. The van der Waals surface area contributed by atoms with Crippen LogP contribution >= 0.6 is 0 Å². The highest BCUT2D eigenvalue weighted by Crippen LogP contribution is 2.02. The number of carbonyl (C=O) groups excluding carboxylic acids is 1. The van der Waals surface area contributed by atoms with Gasteiger partial charge in [0.1, 0.15) is 6.04 Å². The molecule has 7 heteroatoms. The first-order chi connectivity index (χ1) is 7.41. The van der Waals surface area contributed by atoms with E-state index in [0.717, 1.165) is 0 Å². The van der Waals surface area contributed by atoms with Gasteiger partial charge in [0.25, 0.3) is 0 Å². The number of nitrogens with one attached hydrogen (secondary N) is 1. The van der Waals surface area contributed by atoms with Crippen LogP contribution in [0.1, 0.15) is 23.2 Å². The van der Waals surface area contributed by atoms with Crippen LogP contribution in [0.2, 0.25) is 0 Å². The molecule has 0 fully saturated rings. The Hall–Kier alpha value is -1.73. The molecule has 1 aromatic rings. The molecular weight excluding hydrogens is 212 g/mol. The number of carboxylic acid groups (broad SMARTS) is 1. The average Bonchev–Trinajstić information content (AvgIpc) is 2.64. The molecular formula is C9H14N4O3. The summed E-state index contributed by atoms with van der Waals surface area (Å²) in [4.78, 5) is 28.4. The molecule has 0 aliphatic rings. The summed E-state index contributed by atoms with van der Waals surface area (Å²) in [7, 11) is 0. The predicted octanol–water partition coefficient (Wildman–Crippen LogP) is -1.11. The molecule has 0 aromatic carbocycles. The van der Waals surface area contributed by atoms with Gasteiger partial charge in [-0.3, -0.25) is 9.59 Å². The van der Waals surface area contributed by atoms with Crippen molar-refractivity contribution in [2.24, 2.45) is 11.5 Å². The van der Waals surface area contributed by atoms with Gasteiger partial charge in [-0.2, -0.15) is 0 Å². The lowest BCUT2D eigenvalue weighted by atomic mass is 10.2. The van der Waals surface area contributed by atoms with Gasteiger partial charge in [-0.25, -0.2) is 4.98 Å². The van der Waals surface area contributed by atoms with E-state index < -0.39 is 18.1 Å². The van der Waals surface area contributed by atoms with E-state index in [9.17, 15) is 9.59 Å². The van der Waals surface area contributed by atoms with Crippen LogP contribution in [-0.2, 0) is 11.2 Å². The summed E-state index contributed by atoms with van der Waals surface area (Å²) in [6.07, 6.45) is 1.48. The molecule has 1 rings (SSSR count). The van der Waals surface area contributed by atoms with Crippen molar-refractivity contribution < 1.29 is 14.7 Å². The minimum Gasteiger partial charge on any atom is -0.480 e. The second-order valence-electron chi connectivity index (χ2n) is 3.56. The van der Waals surface area contributed by atoms with E-state index >= 15 is 0 Å². The summed E-state index contributed by atoms with van der Waals surface area (Å²) >= 11 is 0. The van der Waals surface area contributed by atoms with Crippen molar-refractivity contribution >= 4 is 11.8 Å². The third-order valence-corrected chi connectivity index (χ3v) is 2.03. The van der Waals surface area contributed by atoms with Crippen LogP contribution in [0.25, 0.3) is 0 Å². The highest BCUT2D eigenvalue weighted by molar-refractivity contribution is 5.96. The number of Topliss-reactive ketones (excluding diaryl/α,β-unsaturated/α-hetero) is 1. The number of hydrogen-bond acceptors (Lipinski definition) is 5. The molecule has 0 amide bonds. The van der Waals surface area contributed by atoms with Crippen molar-refractivity contribution in [3.63, 3.8) is 0 Å². The molecule has 0 aliphatic heterocycles. The number of aliphatic carboxylic acids is 1. The molecule has 0 aliphatic carbocycles. The van der Waals surface area contributed by atoms with Crippen LogP contribution in [0.5, 0.6) is 0 Å². The number of carbonyl (C=O) groups is 2. The Morgan fingerprint density at radius 1 is 1.56 bits per heavy atom. The van der Waals surface area contributed by atoms with Crippen LogP contribution in [-0.4, -0.2) is 38.9 Å². The Bertz CT molecular complexity index is 399. The zero-order valence-electron chi connectivity index (χ0n) is 8.80. The fourth-order valence-electron chi connectivity index (χ4n) is 1.13. The smallest absolute Gasteiger partial charge is 0.320 e. The molecule has 2 atom stereocenters. The number of carboxylic acids is 1. The average molecular weight is 226 g/mol. The molecule has 1 aromatic heterocycles. The van der Waals surface area contributed by atoms with Crippen molar-refractivity contribution in [3.05, 3.63) is 17.7 Å². The summed E-state index contributed by atoms with van der Waals surface area (Å²) in [6, 6.07) is -1.66. The van der Waals surface area contributed by atoms with E-state index in [2.05, 4.69) is 9.97 Å². The van der Waals surface area contributed by atoms with Crippen molar-refractivity contribution in [2.75, 3.05) is 0 Å². The molecule has 6 N–H and O–H groups in total. The summed E-state index contributed by atoms with van der Waals surface area (Å²) in [5, 5.41) is 8.60. The summed E-state index contributed by atoms with van der Waals surface area (Å²) in [5.41, 5.74) is 11.2. The lowest BCUT2D eigenvalue weighted by Gasteiger charge is -2.03. The van der Waals surface area contributed by atoms with Gasteiger partial charge < -0.3 is 21.6 Å². The zero-order valence-corrected chi connectivity index (χ0v) is 8.80. The first kappa shape index (κ1) is 12.3. The third-order valence-electron chi connectivity index (χ3n) is 2.03. The van der Waals surface area contributed by atoms with E-state index in [-0.39, 0.29) is 18.0 Å². The highest BCUT2D eigenvalue weighted by Gasteiger charge is 2.17. The number of H-pyrrole nitrogens is 1. The normalized spacial score (nSPS) is 14.4. The molecule has 16 heavy (non-hydrogen) atoms. The second-order valence-corrected chi connectivity index (χ2v) is 3.56. The van der Waals surface area contributed by atoms with Crippen LogP contribution in [0.15, 0.2) is 6.20 Å². The topological polar surface area (TPSA) is 135 Å². The van der Waals surface area contributed by atoms with Gasteiger partial charge in [-0.1, -0.05) is 0 Å². The SMILES string of the molecule is C[C@H](N)C(=O)c1ncc(C[C@H](N)C(=O)O)[nH]1.